The molecule has 1 saturated carbocycles. The predicted molar refractivity (Wildman–Crippen MR) is 107 cm³/mol. The monoisotopic (exact) mass is 428 g/mol. The molecule has 0 bridgehead atoms. The lowest BCUT2D eigenvalue weighted by Crippen LogP contribution is -2.55. The largest absolute Gasteiger partial charge is 0.441 e. The number of halogens is 3. The van der Waals surface area contributed by atoms with Crippen molar-refractivity contribution in [3.05, 3.63) is 77.1 Å². The second-order valence-corrected chi connectivity index (χ2v) is 7.56. The SMILES string of the molecule is O=COC1(NC(=O)c2ccc3ccccc3c2Cc2ccc(C(F)(F)F)nc2)CCC1. The topological polar surface area (TPSA) is 68.3 Å². The van der Waals surface area contributed by atoms with Crippen molar-refractivity contribution in [1.29, 1.82) is 0 Å². The molecule has 0 unspecified atom stereocenters. The highest BCUT2D eigenvalue weighted by Crippen LogP contribution is 2.34. The van der Waals surface area contributed by atoms with Crippen molar-refractivity contribution in [2.45, 2.75) is 37.6 Å². The molecule has 31 heavy (non-hydrogen) atoms. The summed E-state index contributed by atoms with van der Waals surface area (Å²) in [5, 5.41) is 4.52. The van der Waals surface area contributed by atoms with Crippen molar-refractivity contribution in [2.75, 3.05) is 0 Å². The van der Waals surface area contributed by atoms with E-state index < -0.39 is 23.5 Å². The Labute approximate surface area is 176 Å². The number of nitrogens with zero attached hydrogens (tertiary/aromatic N) is 1. The fraction of sp³-hybridized carbons (Fsp3) is 0.261. The molecule has 1 heterocycles. The van der Waals surface area contributed by atoms with Gasteiger partial charge in [0, 0.05) is 31.0 Å². The minimum atomic E-state index is -4.52. The second-order valence-electron chi connectivity index (χ2n) is 7.56. The number of rotatable bonds is 6. The first-order valence-corrected chi connectivity index (χ1v) is 9.78. The van der Waals surface area contributed by atoms with E-state index in [1.807, 2.05) is 30.3 Å². The maximum absolute atomic E-state index is 13.1. The normalized spacial score (nSPS) is 15.2. The van der Waals surface area contributed by atoms with Gasteiger partial charge in [-0.3, -0.25) is 14.6 Å². The standard InChI is InChI=1S/C23H19F3N2O3/c24-23(25,26)20-9-6-15(13-27-20)12-19-17-5-2-1-4-16(17)7-8-18(19)21(30)28-22(31-14-29)10-3-11-22/h1-2,4-9,13-14H,3,10-12H2,(H,28,30). The predicted octanol–water partition coefficient (Wildman–Crippen LogP) is 4.63. The van der Waals surface area contributed by atoms with E-state index in [1.54, 1.807) is 6.07 Å². The van der Waals surface area contributed by atoms with Gasteiger partial charge in [-0.1, -0.05) is 36.4 Å². The third-order valence-electron chi connectivity index (χ3n) is 5.56. The summed E-state index contributed by atoms with van der Waals surface area (Å²) < 4.78 is 43.6. The van der Waals surface area contributed by atoms with E-state index in [1.165, 1.54) is 12.3 Å². The number of alkyl halides is 3. The van der Waals surface area contributed by atoms with Crippen LogP contribution >= 0.6 is 0 Å². The van der Waals surface area contributed by atoms with Crippen molar-refractivity contribution in [3.63, 3.8) is 0 Å². The van der Waals surface area contributed by atoms with Crippen molar-refractivity contribution in [1.82, 2.24) is 10.3 Å². The average molecular weight is 428 g/mol. The van der Waals surface area contributed by atoms with Gasteiger partial charge in [0.25, 0.3) is 12.4 Å². The van der Waals surface area contributed by atoms with Gasteiger partial charge in [-0.25, -0.2) is 0 Å². The molecule has 0 saturated heterocycles. The molecule has 0 aliphatic heterocycles. The van der Waals surface area contributed by atoms with Crippen LogP contribution < -0.4 is 5.32 Å². The number of hydrogen-bond acceptors (Lipinski definition) is 4. The molecule has 5 nitrogen and oxygen atoms in total. The molecular formula is C23H19F3N2O3. The number of carbonyl (C=O) groups is 2. The smallest absolute Gasteiger partial charge is 0.433 e. The van der Waals surface area contributed by atoms with E-state index >= 15 is 0 Å². The van der Waals surface area contributed by atoms with Gasteiger partial charge < -0.3 is 10.1 Å². The Morgan fingerprint density at radius 2 is 1.90 bits per heavy atom. The fourth-order valence-electron chi connectivity index (χ4n) is 3.78. The first-order valence-electron chi connectivity index (χ1n) is 9.78. The minimum absolute atomic E-state index is 0.219. The summed E-state index contributed by atoms with van der Waals surface area (Å²) in [6.45, 7) is 0.328. The highest BCUT2D eigenvalue weighted by Gasteiger charge is 2.41. The van der Waals surface area contributed by atoms with Gasteiger partial charge in [-0.05, 0) is 40.5 Å². The molecule has 1 aromatic heterocycles. The first kappa shape index (κ1) is 20.8. The summed E-state index contributed by atoms with van der Waals surface area (Å²) in [6, 6.07) is 13.2. The van der Waals surface area contributed by atoms with Crippen molar-refractivity contribution < 1.29 is 27.5 Å². The molecule has 160 valence electrons. The third kappa shape index (κ3) is 4.23. The second kappa shape index (κ2) is 8.02. The number of carbonyl (C=O) groups excluding carboxylic acids is 2. The zero-order valence-electron chi connectivity index (χ0n) is 16.4. The van der Waals surface area contributed by atoms with Gasteiger partial charge in [0.05, 0.1) is 0 Å². The number of pyridine rings is 1. The minimum Gasteiger partial charge on any atom is -0.441 e. The Bertz CT molecular complexity index is 1120. The summed E-state index contributed by atoms with van der Waals surface area (Å²) in [5.41, 5.74) is -0.388. The molecule has 1 aliphatic rings. The van der Waals surface area contributed by atoms with Crippen LogP contribution in [0.1, 0.15) is 46.4 Å². The van der Waals surface area contributed by atoms with E-state index in [9.17, 15) is 22.8 Å². The Morgan fingerprint density at radius 3 is 2.52 bits per heavy atom. The molecule has 3 aromatic rings. The summed E-state index contributed by atoms with van der Waals surface area (Å²) in [5.74, 6) is -0.401. The Morgan fingerprint density at radius 1 is 1.13 bits per heavy atom. The lowest BCUT2D eigenvalue weighted by atomic mass is 9.87. The van der Waals surface area contributed by atoms with E-state index in [0.717, 1.165) is 23.3 Å². The van der Waals surface area contributed by atoms with Crippen molar-refractivity contribution in [2.24, 2.45) is 0 Å². The van der Waals surface area contributed by atoms with E-state index in [-0.39, 0.29) is 6.42 Å². The molecule has 8 heteroatoms. The van der Waals surface area contributed by atoms with E-state index in [4.69, 9.17) is 4.74 Å². The number of amides is 1. The van der Waals surface area contributed by atoms with Gasteiger partial charge in [0.15, 0.2) is 5.72 Å². The number of ether oxygens (including phenoxy) is 1. The van der Waals surface area contributed by atoms with Crippen LogP contribution in [0.25, 0.3) is 10.8 Å². The maximum atomic E-state index is 13.1. The number of aromatic nitrogens is 1. The van der Waals surface area contributed by atoms with Crippen LogP contribution in [-0.4, -0.2) is 23.1 Å². The van der Waals surface area contributed by atoms with Crippen molar-refractivity contribution in [3.8, 4) is 0 Å². The van der Waals surface area contributed by atoms with Gasteiger partial charge >= 0.3 is 6.18 Å². The molecule has 0 spiro atoms. The first-order chi connectivity index (χ1) is 14.8. The van der Waals surface area contributed by atoms with Gasteiger partial charge in [-0.2, -0.15) is 13.2 Å². The van der Waals surface area contributed by atoms with Crippen molar-refractivity contribution >= 4 is 23.2 Å². The quantitative estimate of drug-likeness (QED) is 0.459. The molecular weight excluding hydrogens is 409 g/mol. The van der Waals surface area contributed by atoms with E-state index in [2.05, 4.69) is 10.3 Å². The van der Waals surface area contributed by atoms with Gasteiger partial charge in [-0.15, -0.1) is 0 Å². The number of fused-ring (bicyclic) bond motifs is 1. The van der Waals surface area contributed by atoms with Crippen LogP contribution in [-0.2, 0) is 22.1 Å². The highest BCUT2D eigenvalue weighted by molar-refractivity contribution is 6.02. The Balaban J connectivity index is 1.70. The zero-order chi connectivity index (χ0) is 22.1. The fourth-order valence-corrected chi connectivity index (χ4v) is 3.78. The molecule has 1 N–H and O–H groups in total. The number of benzene rings is 2. The van der Waals surface area contributed by atoms with Crippen LogP contribution in [0.2, 0.25) is 0 Å². The van der Waals surface area contributed by atoms with Crippen LogP contribution in [0.5, 0.6) is 0 Å². The summed E-state index contributed by atoms with van der Waals surface area (Å²) in [4.78, 5) is 27.5. The van der Waals surface area contributed by atoms with Crippen LogP contribution in [0.15, 0.2) is 54.7 Å². The third-order valence-corrected chi connectivity index (χ3v) is 5.56. The molecule has 1 fully saturated rings. The van der Waals surface area contributed by atoms with Crippen LogP contribution in [0.4, 0.5) is 13.2 Å². The van der Waals surface area contributed by atoms with Crippen LogP contribution in [0, 0.1) is 0 Å². The summed E-state index contributed by atoms with van der Waals surface area (Å²) in [7, 11) is 0. The van der Waals surface area contributed by atoms with Gasteiger partial charge in [0.2, 0.25) is 0 Å². The summed E-state index contributed by atoms with van der Waals surface area (Å²) >= 11 is 0. The molecule has 0 atom stereocenters. The molecule has 1 aliphatic carbocycles. The number of hydrogen-bond donors (Lipinski definition) is 1. The van der Waals surface area contributed by atoms with E-state index in [0.29, 0.717) is 36.0 Å². The lowest BCUT2D eigenvalue weighted by Gasteiger charge is -2.40. The lowest BCUT2D eigenvalue weighted by molar-refractivity contribution is -0.156. The zero-order valence-corrected chi connectivity index (χ0v) is 16.4. The molecule has 2 aromatic carbocycles. The van der Waals surface area contributed by atoms with Crippen LogP contribution in [0.3, 0.4) is 0 Å². The molecule has 1 amide bonds. The summed E-state index contributed by atoms with van der Waals surface area (Å²) in [6.07, 6.45) is -1.23. The maximum Gasteiger partial charge on any atom is 0.433 e. The Hall–Kier alpha value is -3.42. The highest BCUT2D eigenvalue weighted by atomic mass is 19.4. The average Bonchev–Trinajstić information content (AvgIpc) is 2.72. The Kier molecular flexibility index (Phi) is 5.39. The molecule has 4 rings (SSSR count). The van der Waals surface area contributed by atoms with Gasteiger partial charge in [0.1, 0.15) is 5.69 Å². The molecule has 0 radical (unpaired) electrons. The number of nitrogens with one attached hydrogen (secondary N) is 1.